The summed E-state index contributed by atoms with van der Waals surface area (Å²) in [7, 11) is 0. The third kappa shape index (κ3) is 4.49. The summed E-state index contributed by atoms with van der Waals surface area (Å²) in [6.07, 6.45) is 14.8. The molecule has 0 spiro atoms. The van der Waals surface area contributed by atoms with Gasteiger partial charge in [-0.3, -0.25) is 0 Å². The van der Waals surface area contributed by atoms with E-state index in [0.29, 0.717) is 0 Å². The summed E-state index contributed by atoms with van der Waals surface area (Å²) in [5, 5.41) is 0. The third-order valence-corrected chi connectivity index (χ3v) is 7.00. The predicted octanol–water partition coefficient (Wildman–Crippen LogP) is 6.86. The van der Waals surface area contributed by atoms with Crippen molar-refractivity contribution >= 4 is 22.6 Å². The summed E-state index contributed by atoms with van der Waals surface area (Å²) in [5.74, 6) is 4.22. The minimum atomic E-state index is 1.00. The molecule has 0 bridgehead atoms. The molecule has 2 fully saturated rings. The molecule has 2 aliphatic carbocycles. The Labute approximate surface area is 150 Å². The molecule has 3 rings (SSSR count). The first-order chi connectivity index (χ1) is 10.7. The summed E-state index contributed by atoms with van der Waals surface area (Å²) in [4.78, 5) is 0. The monoisotopic (exact) mass is 410 g/mol. The van der Waals surface area contributed by atoms with Crippen LogP contribution >= 0.6 is 22.6 Å². The number of benzene rings is 1. The van der Waals surface area contributed by atoms with Gasteiger partial charge in [0.05, 0.1) is 0 Å². The van der Waals surface area contributed by atoms with E-state index in [4.69, 9.17) is 0 Å². The molecule has 122 valence electrons. The molecule has 2 aliphatic rings. The van der Waals surface area contributed by atoms with E-state index in [2.05, 4.69) is 53.8 Å². The zero-order chi connectivity index (χ0) is 15.4. The van der Waals surface area contributed by atoms with Gasteiger partial charge in [-0.1, -0.05) is 44.7 Å². The lowest BCUT2D eigenvalue weighted by Gasteiger charge is -2.42. The molecule has 0 N–H and O–H groups in total. The first-order valence-electron chi connectivity index (χ1n) is 9.49. The van der Waals surface area contributed by atoms with Crippen molar-refractivity contribution in [1.29, 1.82) is 0 Å². The van der Waals surface area contributed by atoms with Crippen LogP contribution in [0.25, 0.3) is 0 Å². The highest BCUT2D eigenvalue weighted by Gasteiger charge is 2.34. The summed E-state index contributed by atoms with van der Waals surface area (Å²) in [6.45, 7) is 2.35. The van der Waals surface area contributed by atoms with Crippen molar-refractivity contribution in [3.8, 4) is 0 Å². The number of rotatable bonds is 5. The molecule has 0 amide bonds. The minimum absolute atomic E-state index is 1.00. The maximum atomic E-state index is 2.40. The van der Waals surface area contributed by atoms with Crippen molar-refractivity contribution in [1.82, 2.24) is 0 Å². The van der Waals surface area contributed by atoms with Crippen molar-refractivity contribution in [3.63, 3.8) is 0 Å². The number of halogens is 1. The molecule has 4 atom stereocenters. The van der Waals surface area contributed by atoms with Crippen LogP contribution in [0.3, 0.4) is 0 Å². The molecule has 0 nitrogen and oxygen atoms in total. The Morgan fingerprint density at radius 2 is 1.45 bits per heavy atom. The van der Waals surface area contributed by atoms with Crippen molar-refractivity contribution in [3.05, 3.63) is 33.4 Å². The fourth-order valence-electron chi connectivity index (χ4n) is 5.04. The average molecular weight is 410 g/mol. The molecule has 0 heterocycles. The van der Waals surface area contributed by atoms with E-state index in [9.17, 15) is 0 Å². The van der Waals surface area contributed by atoms with Crippen molar-refractivity contribution in [2.75, 3.05) is 0 Å². The third-order valence-electron chi connectivity index (χ3n) is 6.28. The van der Waals surface area contributed by atoms with Gasteiger partial charge in [0.2, 0.25) is 0 Å². The Balaban J connectivity index is 1.45. The van der Waals surface area contributed by atoms with Crippen molar-refractivity contribution in [2.45, 2.75) is 71.1 Å². The van der Waals surface area contributed by atoms with Crippen LogP contribution in [0.1, 0.15) is 70.3 Å². The zero-order valence-electron chi connectivity index (χ0n) is 14.1. The zero-order valence-corrected chi connectivity index (χ0v) is 16.2. The van der Waals surface area contributed by atoms with Gasteiger partial charge >= 0.3 is 0 Å². The van der Waals surface area contributed by atoms with Gasteiger partial charge in [0, 0.05) is 3.57 Å². The SMILES string of the molecule is CCCC1CC[C@@H]2C[C@H](CCc3ccc(I)cc3)CC[C@@H]2C1. The van der Waals surface area contributed by atoms with Crippen LogP contribution < -0.4 is 0 Å². The van der Waals surface area contributed by atoms with E-state index < -0.39 is 0 Å². The molecule has 0 aromatic heterocycles. The van der Waals surface area contributed by atoms with Crippen molar-refractivity contribution in [2.24, 2.45) is 23.7 Å². The lowest BCUT2D eigenvalue weighted by atomic mass is 9.63. The molecule has 22 heavy (non-hydrogen) atoms. The van der Waals surface area contributed by atoms with Gasteiger partial charge in [-0.05, 0) is 102 Å². The summed E-state index contributed by atoms with van der Waals surface area (Å²) < 4.78 is 1.35. The molecule has 1 heteroatoms. The molecular formula is C21H31I. The average Bonchev–Trinajstić information content (AvgIpc) is 2.54. The summed E-state index contributed by atoms with van der Waals surface area (Å²) in [5.41, 5.74) is 1.54. The Kier molecular flexibility index (Phi) is 6.24. The van der Waals surface area contributed by atoms with E-state index in [0.717, 1.165) is 23.7 Å². The first-order valence-corrected chi connectivity index (χ1v) is 10.6. The lowest BCUT2D eigenvalue weighted by molar-refractivity contribution is 0.0921. The number of fused-ring (bicyclic) bond motifs is 1. The van der Waals surface area contributed by atoms with Crippen LogP contribution in [0, 0.1) is 27.2 Å². The lowest BCUT2D eigenvalue weighted by Crippen LogP contribution is -2.31. The van der Waals surface area contributed by atoms with Gasteiger partial charge in [-0.25, -0.2) is 0 Å². The number of hydrogen-bond acceptors (Lipinski definition) is 0. The highest BCUT2D eigenvalue weighted by atomic mass is 127. The fraction of sp³-hybridized carbons (Fsp3) is 0.714. The van der Waals surface area contributed by atoms with Crippen LogP contribution in [0.4, 0.5) is 0 Å². The minimum Gasteiger partial charge on any atom is -0.0654 e. The number of aryl methyl sites for hydroxylation is 1. The molecule has 0 aliphatic heterocycles. The van der Waals surface area contributed by atoms with Gasteiger partial charge in [0.15, 0.2) is 0 Å². The largest absolute Gasteiger partial charge is 0.0654 e. The smallest absolute Gasteiger partial charge is 0.0130 e. The quantitative estimate of drug-likeness (QED) is 0.466. The number of hydrogen-bond donors (Lipinski definition) is 0. The van der Waals surface area contributed by atoms with Gasteiger partial charge in [-0.15, -0.1) is 0 Å². The van der Waals surface area contributed by atoms with Gasteiger partial charge < -0.3 is 0 Å². The second-order valence-electron chi connectivity index (χ2n) is 7.83. The van der Waals surface area contributed by atoms with Gasteiger partial charge in [0.25, 0.3) is 0 Å². The van der Waals surface area contributed by atoms with Crippen LogP contribution in [0.5, 0.6) is 0 Å². The predicted molar refractivity (Wildman–Crippen MR) is 104 cm³/mol. The van der Waals surface area contributed by atoms with Crippen molar-refractivity contribution < 1.29 is 0 Å². The maximum Gasteiger partial charge on any atom is 0.0130 e. The fourth-order valence-corrected chi connectivity index (χ4v) is 5.40. The summed E-state index contributed by atoms with van der Waals surface area (Å²) in [6, 6.07) is 9.15. The van der Waals surface area contributed by atoms with Gasteiger partial charge in [0.1, 0.15) is 0 Å². The maximum absolute atomic E-state index is 2.40. The normalized spacial score (nSPS) is 31.7. The molecule has 1 aromatic carbocycles. The Morgan fingerprint density at radius 1 is 0.864 bits per heavy atom. The van der Waals surface area contributed by atoms with E-state index >= 15 is 0 Å². The highest BCUT2D eigenvalue weighted by molar-refractivity contribution is 14.1. The van der Waals surface area contributed by atoms with Crippen LogP contribution in [-0.2, 0) is 6.42 Å². The van der Waals surface area contributed by atoms with E-state index in [1.807, 2.05) is 0 Å². The standard InChI is InChI=1S/C21H31I/c1-2-3-17-6-10-20-15-18(7-11-19(20)14-17)5-4-16-8-12-21(22)13-9-16/h8-9,12-13,17-20H,2-7,10-11,14-15H2,1H3/t17?,18-,19-,20-/m1/s1. The molecule has 0 radical (unpaired) electrons. The van der Waals surface area contributed by atoms with E-state index in [1.165, 1.54) is 66.9 Å². The molecule has 1 unspecified atom stereocenters. The molecule has 2 saturated carbocycles. The van der Waals surface area contributed by atoms with Crippen LogP contribution in [0.15, 0.2) is 24.3 Å². The highest BCUT2D eigenvalue weighted by Crippen LogP contribution is 2.46. The van der Waals surface area contributed by atoms with Crippen LogP contribution in [0.2, 0.25) is 0 Å². The van der Waals surface area contributed by atoms with E-state index in [-0.39, 0.29) is 0 Å². The Morgan fingerprint density at radius 3 is 2.05 bits per heavy atom. The topological polar surface area (TPSA) is 0 Å². The van der Waals surface area contributed by atoms with E-state index in [1.54, 1.807) is 6.42 Å². The summed E-state index contributed by atoms with van der Waals surface area (Å²) >= 11 is 2.40. The molecular weight excluding hydrogens is 379 g/mol. The second kappa shape index (κ2) is 8.17. The molecule has 0 saturated heterocycles. The van der Waals surface area contributed by atoms with Crippen LogP contribution in [-0.4, -0.2) is 0 Å². The first kappa shape index (κ1) is 16.8. The Bertz CT molecular complexity index is 449. The Hall–Kier alpha value is -0.0500. The second-order valence-corrected chi connectivity index (χ2v) is 9.08. The van der Waals surface area contributed by atoms with Gasteiger partial charge in [-0.2, -0.15) is 0 Å². The molecule has 1 aromatic rings.